The van der Waals surface area contributed by atoms with Gasteiger partial charge in [-0.1, -0.05) is 0 Å². The first-order chi connectivity index (χ1) is 12.0. The summed E-state index contributed by atoms with van der Waals surface area (Å²) in [5.41, 5.74) is -0.685. The van der Waals surface area contributed by atoms with Gasteiger partial charge in [-0.05, 0) is 43.5 Å². The first-order valence-electron chi connectivity index (χ1n) is 8.38. The van der Waals surface area contributed by atoms with Crippen LogP contribution in [0.25, 0.3) is 0 Å². The zero-order valence-corrected chi connectivity index (χ0v) is 16.7. The third kappa shape index (κ3) is 5.38. The molecule has 0 radical (unpaired) electrons. The van der Waals surface area contributed by atoms with Crippen LogP contribution < -0.4 is 15.4 Å². The molecule has 0 aromatic heterocycles. The number of guanidine groups is 1. The molecule has 0 amide bonds. The van der Waals surface area contributed by atoms with Crippen LogP contribution in [0.2, 0.25) is 0 Å². The number of nitrogens with one attached hydrogen (secondary N) is 2. The second-order valence-electron chi connectivity index (χ2n) is 6.23. The molecule has 3 unspecified atom stereocenters. The Labute approximate surface area is 167 Å². The summed E-state index contributed by atoms with van der Waals surface area (Å²) in [6.07, 6.45) is -0.503. The van der Waals surface area contributed by atoms with E-state index in [2.05, 4.69) is 15.6 Å². The molecule has 2 saturated heterocycles. The maximum absolute atomic E-state index is 12.5. The summed E-state index contributed by atoms with van der Waals surface area (Å²) >= 11 is 0. The van der Waals surface area contributed by atoms with Gasteiger partial charge >= 0.3 is 6.18 Å². The molecule has 5 nitrogen and oxygen atoms in total. The Morgan fingerprint density at radius 3 is 2.54 bits per heavy atom. The van der Waals surface area contributed by atoms with Crippen LogP contribution in [0.4, 0.5) is 13.2 Å². The van der Waals surface area contributed by atoms with Gasteiger partial charge in [0.1, 0.15) is 12.4 Å². The molecule has 2 N–H and O–H groups in total. The molecule has 1 aromatic rings. The predicted octanol–water partition coefficient (Wildman–Crippen LogP) is 3.19. The normalized spacial score (nSPS) is 24.9. The van der Waals surface area contributed by atoms with Gasteiger partial charge in [-0.2, -0.15) is 13.2 Å². The summed E-state index contributed by atoms with van der Waals surface area (Å²) in [6, 6.07) is 4.95. The van der Waals surface area contributed by atoms with Gasteiger partial charge in [-0.15, -0.1) is 24.0 Å². The molecular formula is C17H23F3IN3O2. The van der Waals surface area contributed by atoms with E-state index in [0.717, 1.165) is 31.4 Å². The zero-order valence-electron chi connectivity index (χ0n) is 14.4. The van der Waals surface area contributed by atoms with Crippen molar-refractivity contribution in [3.63, 3.8) is 0 Å². The van der Waals surface area contributed by atoms with Gasteiger partial charge < -0.3 is 20.1 Å². The molecule has 2 aliphatic heterocycles. The lowest BCUT2D eigenvalue weighted by Crippen LogP contribution is -2.48. The van der Waals surface area contributed by atoms with Gasteiger partial charge in [0.25, 0.3) is 0 Å². The highest BCUT2D eigenvalue weighted by atomic mass is 127. The average molecular weight is 485 g/mol. The molecule has 0 spiro atoms. The Morgan fingerprint density at radius 1 is 1.27 bits per heavy atom. The van der Waals surface area contributed by atoms with Crippen LogP contribution in [0.1, 0.15) is 24.8 Å². The number of alkyl halides is 3. The summed E-state index contributed by atoms with van der Waals surface area (Å²) in [5, 5.41) is 6.49. The monoisotopic (exact) mass is 485 g/mol. The topological polar surface area (TPSA) is 54.9 Å². The van der Waals surface area contributed by atoms with Crippen LogP contribution in [-0.4, -0.2) is 44.4 Å². The summed E-state index contributed by atoms with van der Waals surface area (Å²) in [5.74, 6) is 1.08. The molecular weight excluding hydrogens is 462 g/mol. The number of benzene rings is 1. The van der Waals surface area contributed by atoms with Gasteiger partial charge in [0.2, 0.25) is 0 Å². The molecule has 1 aromatic carbocycles. The largest absolute Gasteiger partial charge is 0.492 e. The molecule has 2 aliphatic rings. The van der Waals surface area contributed by atoms with E-state index >= 15 is 0 Å². The molecule has 2 heterocycles. The van der Waals surface area contributed by atoms with Crippen molar-refractivity contribution in [3.8, 4) is 5.75 Å². The van der Waals surface area contributed by atoms with Gasteiger partial charge in [-0.3, -0.25) is 4.99 Å². The van der Waals surface area contributed by atoms with Gasteiger partial charge in [-0.25, -0.2) is 0 Å². The molecule has 26 heavy (non-hydrogen) atoms. The lowest BCUT2D eigenvalue weighted by atomic mass is 9.96. The van der Waals surface area contributed by atoms with Gasteiger partial charge in [0.15, 0.2) is 5.96 Å². The van der Waals surface area contributed by atoms with E-state index in [1.807, 2.05) is 0 Å². The summed E-state index contributed by atoms with van der Waals surface area (Å²) < 4.78 is 48.7. The van der Waals surface area contributed by atoms with Crippen molar-refractivity contribution in [2.45, 2.75) is 43.7 Å². The number of aliphatic imine (C=N–C) groups is 1. The van der Waals surface area contributed by atoms with Crippen molar-refractivity contribution in [3.05, 3.63) is 29.8 Å². The molecule has 146 valence electrons. The lowest BCUT2D eigenvalue weighted by molar-refractivity contribution is -0.137. The Bertz CT molecular complexity index is 610. The number of rotatable bonds is 5. The van der Waals surface area contributed by atoms with Crippen LogP contribution in [0, 0.1) is 0 Å². The Balaban J connectivity index is 0.00000243. The van der Waals surface area contributed by atoms with Crippen LogP contribution in [0.5, 0.6) is 5.75 Å². The number of nitrogens with zero attached hydrogens (tertiary/aromatic N) is 1. The van der Waals surface area contributed by atoms with Crippen molar-refractivity contribution in [1.82, 2.24) is 10.6 Å². The maximum atomic E-state index is 12.5. The maximum Gasteiger partial charge on any atom is 0.416 e. The fourth-order valence-corrected chi connectivity index (χ4v) is 3.24. The highest BCUT2D eigenvalue weighted by molar-refractivity contribution is 14.0. The third-order valence-electron chi connectivity index (χ3n) is 4.50. The van der Waals surface area contributed by atoms with Crippen molar-refractivity contribution >= 4 is 29.9 Å². The van der Waals surface area contributed by atoms with Crippen molar-refractivity contribution in [2.24, 2.45) is 4.99 Å². The molecule has 0 aliphatic carbocycles. The quantitative estimate of drug-likeness (QED) is 0.291. The fourth-order valence-electron chi connectivity index (χ4n) is 3.24. The zero-order chi connectivity index (χ0) is 17.9. The minimum atomic E-state index is -4.33. The van der Waals surface area contributed by atoms with E-state index in [0.29, 0.717) is 31.0 Å². The van der Waals surface area contributed by atoms with Crippen LogP contribution in [-0.2, 0) is 10.9 Å². The van der Waals surface area contributed by atoms with Crippen molar-refractivity contribution in [1.29, 1.82) is 0 Å². The number of hydrogen-bond acceptors (Lipinski definition) is 3. The highest BCUT2D eigenvalue weighted by Gasteiger charge is 2.41. The van der Waals surface area contributed by atoms with Crippen molar-refractivity contribution < 1.29 is 22.6 Å². The van der Waals surface area contributed by atoms with E-state index in [9.17, 15) is 13.2 Å². The third-order valence-corrected chi connectivity index (χ3v) is 4.50. The summed E-state index contributed by atoms with van der Waals surface area (Å²) in [4.78, 5) is 4.18. The lowest BCUT2D eigenvalue weighted by Gasteiger charge is -2.22. The average Bonchev–Trinajstić information content (AvgIpc) is 3.20. The Kier molecular flexibility index (Phi) is 7.39. The molecule has 0 saturated carbocycles. The van der Waals surface area contributed by atoms with Gasteiger partial charge in [0.05, 0.1) is 30.4 Å². The van der Waals surface area contributed by atoms with E-state index in [1.54, 1.807) is 7.05 Å². The Morgan fingerprint density at radius 2 is 2.00 bits per heavy atom. The minimum absolute atomic E-state index is 0. The second kappa shape index (κ2) is 9.12. The molecule has 2 bridgehead atoms. The van der Waals surface area contributed by atoms with E-state index in [4.69, 9.17) is 9.47 Å². The van der Waals surface area contributed by atoms with Crippen molar-refractivity contribution in [2.75, 3.05) is 20.2 Å². The summed E-state index contributed by atoms with van der Waals surface area (Å²) in [6.45, 7) is 0.807. The van der Waals surface area contributed by atoms with Gasteiger partial charge in [0, 0.05) is 7.05 Å². The fraction of sp³-hybridized carbons (Fsp3) is 0.588. The van der Waals surface area contributed by atoms with Crippen LogP contribution >= 0.6 is 24.0 Å². The van der Waals surface area contributed by atoms with E-state index in [-0.39, 0.29) is 36.1 Å². The molecule has 3 rings (SSSR count). The molecule has 9 heteroatoms. The minimum Gasteiger partial charge on any atom is -0.492 e. The number of ether oxygens (including phenoxy) is 2. The first-order valence-corrected chi connectivity index (χ1v) is 8.38. The second-order valence-corrected chi connectivity index (χ2v) is 6.23. The highest BCUT2D eigenvalue weighted by Crippen LogP contribution is 2.34. The standard InChI is InChI=1S/C17H22F3N3O2.HI/c1-21-16(23-14-10-13-6-7-15(14)25-13)22-8-9-24-12-4-2-11(3-5-12)17(18,19)20;/h2-5,13-15H,6-10H2,1H3,(H2,21,22,23);1H. The van der Waals surface area contributed by atoms with E-state index in [1.165, 1.54) is 12.1 Å². The smallest absolute Gasteiger partial charge is 0.416 e. The van der Waals surface area contributed by atoms with Crippen LogP contribution in [0.15, 0.2) is 29.3 Å². The first kappa shape index (κ1) is 21.1. The molecule has 2 fully saturated rings. The number of fused-ring (bicyclic) bond motifs is 2. The molecule has 3 atom stereocenters. The number of hydrogen-bond donors (Lipinski definition) is 2. The Hall–Kier alpha value is -1.23. The predicted molar refractivity (Wildman–Crippen MR) is 103 cm³/mol. The summed E-state index contributed by atoms with van der Waals surface area (Å²) in [7, 11) is 1.69. The SMILES string of the molecule is CN=C(NCCOc1ccc(C(F)(F)F)cc1)NC1CC2CCC1O2.I. The van der Waals surface area contributed by atoms with E-state index < -0.39 is 11.7 Å². The van der Waals surface area contributed by atoms with Crippen LogP contribution in [0.3, 0.4) is 0 Å². The number of halogens is 4.